The molecule has 0 amide bonds. The van der Waals surface area contributed by atoms with Crippen LogP contribution >= 0.6 is 11.6 Å². The van der Waals surface area contributed by atoms with Crippen molar-refractivity contribution < 1.29 is 24.2 Å². The normalized spacial score (nSPS) is 9.85. The van der Waals surface area contributed by atoms with Gasteiger partial charge in [-0.1, -0.05) is 18.2 Å². The summed E-state index contributed by atoms with van der Waals surface area (Å²) in [4.78, 5) is 21.5. The number of hydrogen-bond acceptors (Lipinski definition) is 4. The van der Waals surface area contributed by atoms with Crippen LogP contribution in [0.1, 0.15) is 23.2 Å². The minimum Gasteiger partial charge on any atom is -0.492 e. The predicted molar refractivity (Wildman–Crippen MR) is 74.3 cm³/mol. The van der Waals surface area contributed by atoms with E-state index in [4.69, 9.17) is 26.2 Å². The van der Waals surface area contributed by atoms with E-state index in [1.807, 2.05) is 0 Å². The number of aromatic carboxylic acids is 1. The maximum Gasteiger partial charge on any atom is 0.335 e. The third-order valence-corrected chi connectivity index (χ3v) is 2.68. The molecule has 0 spiro atoms. The Morgan fingerprint density at radius 1 is 1.30 bits per heavy atom. The quantitative estimate of drug-likeness (QED) is 0.454. The molecule has 0 radical (unpaired) electrons. The van der Waals surface area contributed by atoms with Crippen LogP contribution in [-0.4, -0.2) is 30.3 Å². The average molecular weight is 299 g/mol. The number of carbonyl (C=O) groups is 2. The summed E-state index contributed by atoms with van der Waals surface area (Å²) in [6.45, 7) is 3.99. The Labute approximate surface area is 121 Å². The van der Waals surface area contributed by atoms with E-state index in [-0.39, 0.29) is 10.6 Å². The van der Waals surface area contributed by atoms with Crippen molar-refractivity contribution in [1.29, 1.82) is 0 Å². The third kappa shape index (κ3) is 5.32. The fourth-order valence-corrected chi connectivity index (χ4v) is 1.60. The van der Waals surface area contributed by atoms with Gasteiger partial charge < -0.3 is 14.6 Å². The molecule has 0 aliphatic rings. The van der Waals surface area contributed by atoms with Gasteiger partial charge in [0, 0.05) is 6.08 Å². The molecule has 0 heterocycles. The van der Waals surface area contributed by atoms with E-state index in [1.54, 1.807) is 0 Å². The zero-order valence-electron chi connectivity index (χ0n) is 10.8. The van der Waals surface area contributed by atoms with Gasteiger partial charge in [-0.3, -0.25) is 0 Å². The summed E-state index contributed by atoms with van der Waals surface area (Å²) in [6, 6.07) is 4.28. The monoisotopic (exact) mass is 298 g/mol. The van der Waals surface area contributed by atoms with E-state index in [1.165, 1.54) is 18.2 Å². The maximum atomic E-state index is 10.8. The van der Waals surface area contributed by atoms with Crippen LogP contribution in [0.15, 0.2) is 30.9 Å². The van der Waals surface area contributed by atoms with E-state index in [9.17, 15) is 9.59 Å². The van der Waals surface area contributed by atoms with Gasteiger partial charge in [0.1, 0.15) is 5.75 Å². The molecule has 108 valence electrons. The number of benzene rings is 1. The molecule has 0 aliphatic heterocycles. The number of carbonyl (C=O) groups excluding carboxylic acids is 1. The first kappa shape index (κ1) is 16.0. The highest BCUT2D eigenvalue weighted by molar-refractivity contribution is 6.32. The molecule has 0 saturated heterocycles. The van der Waals surface area contributed by atoms with Crippen molar-refractivity contribution in [1.82, 2.24) is 0 Å². The van der Waals surface area contributed by atoms with Gasteiger partial charge in [0.15, 0.2) is 0 Å². The minimum atomic E-state index is -1.04. The SMILES string of the molecule is C=CC(=O)OCCCCOc1ccc(C(=O)O)cc1Cl. The largest absolute Gasteiger partial charge is 0.492 e. The Morgan fingerprint density at radius 2 is 2.00 bits per heavy atom. The standard InChI is InChI=1S/C14H15ClO5/c1-2-13(16)20-8-4-3-7-19-12-6-5-10(14(17)18)9-11(12)15/h2,5-6,9H,1,3-4,7-8H2,(H,17,18). The van der Waals surface area contributed by atoms with Gasteiger partial charge in [-0.25, -0.2) is 9.59 Å². The van der Waals surface area contributed by atoms with Crippen molar-refractivity contribution in [3.05, 3.63) is 41.4 Å². The highest BCUT2D eigenvalue weighted by atomic mass is 35.5. The first-order chi connectivity index (χ1) is 9.54. The Balaban J connectivity index is 2.30. The van der Waals surface area contributed by atoms with E-state index in [0.717, 1.165) is 6.08 Å². The van der Waals surface area contributed by atoms with Crippen molar-refractivity contribution in [2.75, 3.05) is 13.2 Å². The highest BCUT2D eigenvalue weighted by Gasteiger charge is 2.07. The summed E-state index contributed by atoms with van der Waals surface area (Å²) in [5, 5.41) is 9.04. The molecule has 0 unspecified atom stereocenters. The summed E-state index contributed by atoms with van der Waals surface area (Å²) in [5.74, 6) is -1.06. The molecule has 0 aromatic heterocycles. The molecule has 0 aliphatic carbocycles. The number of rotatable bonds is 8. The fourth-order valence-electron chi connectivity index (χ4n) is 1.37. The fraction of sp³-hybridized carbons (Fsp3) is 0.286. The Morgan fingerprint density at radius 3 is 2.60 bits per heavy atom. The number of halogens is 1. The lowest BCUT2D eigenvalue weighted by Crippen LogP contribution is -2.05. The number of carboxylic acid groups (broad SMARTS) is 1. The highest BCUT2D eigenvalue weighted by Crippen LogP contribution is 2.25. The lowest BCUT2D eigenvalue weighted by atomic mass is 10.2. The molecular weight excluding hydrogens is 284 g/mol. The second-order valence-corrected chi connectivity index (χ2v) is 4.28. The van der Waals surface area contributed by atoms with Crippen LogP contribution in [0.25, 0.3) is 0 Å². The predicted octanol–water partition coefficient (Wildman–Crippen LogP) is 2.93. The van der Waals surface area contributed by atoms with Crippen LogP contribution in [0.5, 0.6) is 5.75 Å². The molecule has 1 aromatic carbocycles. The molecule has 1 N–H and O–H groups in total. The second-order valence-electron chi connectivity index (χ2n) is 3.88. The van der Waals surface area contributed by atoms with Crippen molar-refractivity contribution in [2.45, 2.75) is 12.8 Å². The van der Waals surface area contributed by atoms with Crippen LogP contribution < -0.4 is 4.74 Å². The number of carboxylic acids is 1. The third-order valence-electron chi connectivity index (χ3n) is 2.39. The summed E-state index contributed by atoms with van der Waals surface area (Å²) in [7, 11) is 0. The number of unbranched alkanes of at least 4 members (excludes halogenated alkanes) is 1. The zero-order chi connectivity index (χ0) is 15.0. The zero-order valence-corrected chi connectivity index (χ0v) is 11.6. The summed E-state index contributed by atoms with van der Waals surface area (Å²) < 4.78 is 10.2. The van der Waals surface area contributed by atoms with Gasteiger partial charge in [0.2, 0.25) is 0 Å². The van der Waals surface area contributed by atoms with E-state index >= 15 is 0 Å². The lowest BCUT2D eigenvalue weighted by Gasteiger charge is -2.08. The topological polar surface area (TPSA) is 72.8 Å². The van der Waals surface area contributed by atoms with E-state index < -0.39 is 11.9 Å². The number of hydrogen-bond donors (Lipinski definition) is 1. The van der Waals surface area contributed by atoms with Gasteiger partial charge in [0.05, 0.1) is 23.8 Å². The minimum absolute atomic E-state index is 0.110. The van der Waals surface area contributed by atoms with Crippen LogP contribution in [0.2, 0.25) is 5.02 Å². The summed E-state index contributed by atoms with van der Waals surface area (Å²) in [6.07, 6.45) is 2.45. The molecule has 5 nitrogen and oxygen atoms in total. The first-order valence-corrected chi connectivity index (χ1v) is 6.37. The first-order valence-electron chi connectivity index (χ1n) is 5.99. The van der Waals surface area contributed by atoms with Crippen LogP contribution in [-0.2, 0) is 9.53 Å². The molecule has 0 bridgehead atoms. The molecular formula is C14H15ClO5. The lowest BCUT2D eigenvalue weighted by molar-refractivity contribution is -0.137. The van der Waals surface area contributed by atoms with Crippen molar-refractivity contribution in [2.24, 2.45) is 0 Å². The van der Waals surface area contributed by atoms with Crippen molar-refractivity contribution in [3.8, 4) is 5.75 Å². The van der Waals surface area contributed by atoms with Gasteiger partial charge >= 0.3 is 11.9 Å². The molecule has 1 aromatic rings. The smallest absolute Gasteiger partial charge is 0.335 e. The molecule has 20 heavy (non-hydrogen) atoms. The van der Waals surface area contributed by atoms with Crippen molar-refractivity contribution in [3.63, 3.8) is 0 Å². The van der Waals surface area contributed by atoms with Crippen LogP contribution in [0.3, 0.4) is 0 Å². The molecule has 0 saturated carbocycles. The van der Waals surface area contributed by atoms with E-state index in [0.29, 0.717) is 31.8 Å². The number of esters is 1. The maximum absolute atomic E-state index is 10.8. The summed E-state index contributed by atoms with van der Waals surface area (Å²) >= 11 is 5.91. The van der Waals surface area contributed by atoms with Crippen LogP contribution in [0, 0.1) is 0 Å². The molecule has 0 atom stereocenters. The summed E-state index contributed by atoms with van der Waals surface area (Å²) in [5.41, 5.74) is 0.110. The molecule has 0 fully saturated rings. The van der Waals surface area contributed by atoms with Crippen LogP contribution in [0.4, 0.5) is 0 Å². The molecule has 6 heteroatoms. The Hall–Kier alpha value is -2.01. The van der Waals surface area contributed by atoms with Crippen molar-refractivity contribution >= 4 is 23.5 Å². The van der Waals surface area contributed by atoms with E-state index in [2.05, 4.69) is 6.58 Å². The van der Waals surface area contributed by atoms with Gasteiger partial charge in [0.25, 0.3) is 0 Å². The average Bonchev–Trinajstić information content (AvgIpc) is 2.43. The van der Waals surface area contributed by atoms with Gasteiger partial charge in [-0.15, -0.1) is 0 Å². The Bertz CT molecular complexity index is 498. The second kappa shape index (κ2) is 8.22. The van der Waals surface area contributed by atoms with Gasteiger partial charge in [-0.05, 0) is 31.0 Å². The Kier molecular flexibility index (Phi) is 6.59. The van der Waals surface area contributed by atoms with Gasteiger partial charge in [-0.2, -0.15) is 0 Å². The number of ether oxygens (including phenoxy) is 2. The molecule has 1 rings (SSSR count).